The molecule has 0 amide bonds. The number of aliphatic carboxylic acids is 3. The lowest BCUT2D eigenvalue weighted by Crippen LogP contribution is -2.53. The molecule has 13 rings (SSSR count). The van der Waals surface area contributed by atoms with Gasteiger partial charge in [-0.1, -0.05) is 121 Å². The topological polar surface area (TPSA) is 249 Å². The molecule has 0 bridgehead atoms. The van der Waals surface area contributed by atoms with Gasteiger partial charge < -0.3 is 40.4 Å². The number of carboxylic acid groups (broad SMARTS) is 3. The normalized spacial score (nSPS) is 21.1. The van der Waals surface area contributed by atoms with E-state index >= 15 is 0 Å². The van der Waals surface area contributed by atoms with Crippen LogP contribution in [0.25, 0.3) is 18.2 Å². The van der Waals surface area contributed by atoms with Gasteiger partial charge in [0.2, 0.25) is 5.24 Å². The Balaban J connectivity index is 0.000000218. The Labute approximate surface area is 693 Å². The van der Waals surface area contributed by atoms with Crippen molar-refractivity contribution >= 4 is 71.2 Å². The van der Waals surface area contributed by atoms with Crippen molar-refractivity contribution in [3.8, 4) is 0 Å². The molecular weight excluding hydrogens is 1640 g/mol. The molecule has 14 nitrogen and oxygen atoms in total. The van der Waals surface area contributed by atoms with E-state index < -0.39 is 128 Å². The summed E-state index contributed by atoms with van der Waals surface area (Å²) in [5, 5.41) is 35.3. The molecule has 0 heterocycles. The molecule has 0 spiro atoms. The standard InChI is InChI=1S/C20H26F2O2.C19H24F2O2.C10H8F2O2.C9H5ClF2O.C9H8F3N.C9H6F2O2.C8H8O3.C7H4F2O/c1-11(2)14-6-4-12(3)8-19(14)24-20(23)16-10-15(16)13-5-7-17(21)18(22)9-13;1-12(2)15-7-4-13(3)10-18(15)23-19(22)9-6-14-5-8-16(20)17(21)11-14;11-8-2-1-5(3-9(8)12)6-4-7(6)10(13)14;10-9(13)4-2-6-1-3-7(11)8(12)5-6;10-6-3-8(12)7(11)1-4(6)5-2-9(5)13;10-7-3-1-6(5-8(7)11)2-4-9(12)13;9-7(8(10)11)6-4-2-1-3-5-6;8-6-2-1-5(4-10)3-7(6)9/h5,7,9,11-12,14-16,19H,4,6,8,10H2,1-3H3;5-6,8-9,11-13,15,18H,4,7,10H2,1-3H3;1-3,6-7H,4H2,(H,13,14);1-5H;1,3,5,9H,2,13H2;1-5H,(H,12,13);1-5,7,9H,(H,10,11);1-4H/b;9-6+;;4-2+;;4-2+;;/t12-,14+,15?,16-,19-;13-,15+,18-;6-,7+;;5-,9+;;7-;/m110.0.1./s1. The molecule has 1 unspecified atom stereocenters. The molecule has 0 aliphatic heterocycles. The molecule has 0 radical (unpaired) electrons. The van der Waals surface area contributed by atoms with E-state index in [0.29, 0.717) is 94.1 Å². The van der Waals surface area contributed by atoms with Crippen molar-refractivity contribution in [2.45, 2.75) is 141 Å². The number of aliphatic hydroxyl groups is 1. The smallest absolute Gasteiger partial charge is 0.331 e. The van der Waals surface area contributed by atoms with Gasteiger partial charge in [-0.25, -0.2) is 75.4 Å². The zero-order chi connectivity index (χ0) is 89.8. The summed E-state index contributed by atoms with van der Waals surface area (Å²) in [5.74, 6) is -16.0. The number of rotatable bonds is 18. The molecule has 0 saturated heterocycles. The van der Waals surface area contributed by atoms with Crippen molar-refractivity contribution in [2.24, 2.45) is 47.3 Å². The third-order valence-electron chi connectivity index (χ3n) is 20.3. The van der Waals surface area contributed by atoms with Gasteiger partial charge in [0, 0.05) is 41.7 Å². The van der Waals surface area contributed by atoms with Crippen LogP contribution in [-0.2, 0) is 38.2 Å². The predicted octanol–water partition coefficient (Wildman–Crippen LogP) is 19.5. The fraction of sp³-hybridized carbons (Fsp3) is 0.330. The average molecular weight is 1730 g/mol. The Kier molecular flexibility index (Phi) is 38.4. The molecule has 121 heavy (non-hydrogen) atoms. The summed E-state index contributed by atoms with van der Waals surface area (Å²) in [5.41, 5.74) is 6.82. The number of carboxylic acids is 3. The fourth-order valence-electron chi connectivity index (χ4n) is 13.2. The van der Waals surface area contributed by atoms with E-state index in [1.807, 2.05) is 0 Å². The number of benzene rings is 8. The zero-order valence-corrected chi connectivity index (χ0v) is 66.9. The molecule has 5 fully saturated rings. The minimum Gasteiger partial charge on any atom is -0.547 e. The lowest BCUT2D eigenvalue weighted by molar-refractivity contribution is -0.386. The van der Waals surface area contributed by atoms with Gasteiger partial charge >= 0.3 is 23.9 Å². The summed E-state index contributed by atoms with van der Waals surface area (Å²) >= 11 is 5.01. The van der Waals surface area contributed by atoms with Gasteiger partial charge in [0.15, 0.2) is 81.4 Å². The molecule has 5 aliphatic carbocycles. The maximum atomic E-state index is 13.4. The first kappa shape index (κ1) is 98.7. The van der Waals surface area contributed by atoms with E-state index in [-0.39, 0.29) is 59.0 Å². The first-order valence-electron chi connectivity index (χ1n) is 38.2. The summed E-state index contributed by atoms with van der Waals surface area (Å²) in [6.45, 7) is 13.1. The number of carbonyl (C=O) groups is 7. The highest BCUT2D eigenvalue weighted by Crippen LogP contribution is 2.50. The van der Waals surface area contributed by atoms with Gasteiger partial charge in [0.1, 0.15) is 30.4 Å². The number of carbonyl (C=O) groups excluding carboxylic acids is 5. The fourth-order valence-corrected chi connectivity index (χ4v) is 13.3. The molecule has 30 heteroatoms. The van der Waals surface area contributed by atoms with Crippen LogP contribution < -0.4 is 10.8 Å². The van der Waals surface area contributed by atoms with Gasteiger partial charge in [-0.05, 0) is 234 Å². The van der Waals surface area contributed by atoms with Crippen molar-refractivity contribution in [3.05, 3.63) is 302 Å². The van der Waals surface area contributed by atoms with Crippen LogP contribution in [0.5, 0.6) is 0 Å². The molecule has 6 N–H and O–H groups in total. The summed E-state index contributed by atoms with van der Waals surface area (Å²) in [6, 6.07) is 30.1. The first-order chi connectivity index (χ1) is 57.0. The highest BCUT2D eigenvalue weighted by atomic mass is 35.5. The first-order valence-corrected chi connectivity index (χ1v) is 38.6. The zero-order valence-electron chi connectivity index (χ0n) is 66.2. The second-order valence-electron chi connectivity index (χ2n) is 30.2. The van der Waals surface area contributed by atoms with E-state index in [0.717, 1.165) is 117 Å². The van der Waals surface area contributed by atoms with E-state index in [4.69, 9.17) is 36.4 Å². The minimum absolute atomic E-state index is 0.00699. The summed E-state index contributed by atoms with van der Waals surface area (Å²) in [7, 11) is 0. The average Bonchev–Trinajstić information content (AvgIpc) is 1.64. The maximum Gasteiger partial charge on any atom is 0.331 e. The summed E-state index contributed by atoms with van der Waals surface area (Å²) in [4.78, 5) is 75.5. The Morgan fingerprint density at radius 3 is 1.19 bits per heavy atom. The number of allylic oxidation sites excluding steroid dienone is 1. The van der Waals surface area contributed by atoms with Crippen molar-refractivity contribution in [1.29, 1.82) is 0 Å². The molecule has 0 aromatic heterocycles. The van der Waals surface area contributed by atoms with Crippen LogP contribution in [0.4, 0.5) is 65.9 Å². The maximum absolute atomic E-state index is 13.4. The van der Waals surface area contributed by atoms with Crippen molar-refractivity contribution in [2.75, 3.05) is 0 Å². The Morgan fingerprint density at radius 2 is 0.810 bits per heavy atom. The van der Waals surface area contributed by atoms with Crippen LogP contribution in [0.3, 0.4) is 0 Å². The van der Waals surface area contributed by atoms with Gasteiger partial charge in [0.25, 0.3) is 0 Å². The summed E-state index contributed by atoms with van der Waals surface area (Å²) < 4.78 is 202. The number of ether oxygens (including phenoxy) is 2. The van der Waals surface area contributed by atoms with Gasteiger partial charge in [-0.15, -0.1) is 0 Å². The lowest BCUT2D eigenvalue weighted by atomic mass is 9.75. The predicted molar refractivity (Wildman–Crippen MR) is 418 cm³/mol. The van der Waals surface area contributed by atoms with Crippen LogP contribution in [0.1, 0.15) is 172 Å². The van der Waals surface area contributed by atoms with E-state index in [1.165, 1.54) is 85.7 Å². The van der Waals surface area contributed by atoms with Crippen molar-refractivity contribution < 1.29 is 135 Å². The number of hydrogen-bond donors (Lipinski definition) is 4. The van der Waals surface area contributed by atoms with Crippen LogP contribution in [0.15, 0.2) is 170 Å². The van der Waals surface area contributed by atoms with Crippen LogP contribution in [0, 0.1) is 135 Å². The second-order valence-corrected chi connectivity index (χ2v) is 30.5. The van der Waals surface area contributed by atoms with E-state index in [2.05, 4.69) is 47.3 Å². The Hall–Kier alpha value is -11.2. The molecule has 8 aromatic carbocycles. The van der Waals surface area contributed by atoms with E-state index in [9.17, 15) is 105 Å². The van der Waals surface area contributed by atoms with E-state index in [1.54, 1.807) is 24.3 Å². The highest BCUT2D eigenvalue weighted by Gasteiger charge is 2.48. The summed E-state index contributed by atoms with van der Waals surface area (Å²) in [6.07, 6.45) is 14.3. The number of hydrogen-bond acceptors (Lipinski definition) is 11. The van der Waals surface area contributed by atoms with Crippen LogP contribution in [-0.4, -0.2) is 74.9 Å². The third-order valence-corrected chi connectivity index (χ3v) is 20.4. The number of quaternary nitrogens is 1. The molecule has 5 saturated carbocycles. The quantitative estimate of drug-likeness (QED) is 0.0156. The molecular formula is C91H89ClF15NO13. The number of aliphatic hydroxyl groups excluding tert-OH is 1. The van der Waals surface area contributed by atoms with Crippen LogP contribution >= 0.6 is 11.6 Å². The monoisotopic (exact) mass is 1720 g/mol. The number of halogens is 16. The molecule has 648 valence electrons. The minimum atomic E-state index is -1.52. The molecule has 5 aliphatic rings. The number of aldehydes is 1. The second kappa shape index (κ2) is 47.1. The van der Waals surface area contributed by atoms with Gasteiger partial charge in [-0.3, -0.25) is 19.2 Å². The van der Waals surface area contributed by atoms with Crippen molar-refractivity contribution in [3.63, 3.8) is 0 Å². The lowest BCUT2D eigenvalue weighted by Gasteiger charge is -2.36. The highest BCUT2D eigenvalue weighted by molar-refractivity contribution is 6.66. The molecule has 13 atom stereocenters. The Bertz CT molecular complexity index is 4900. The van der Waals surface area contributed by atoms with Gasteiger partial charge in [-0.2, -0.15) is 0 Å². The Morgan fingerprint density at radius 1 is 0.438 bits per heavy atom. The van der Waals surface area contributed by atoms with Crippen LogP contribution in [0.2, 0.25) is 0 Å². The largest absolute Gasteiger partial charge is 0.547 e. The van der Waals surface area contributed by atoms with Crippen molar-refractivity contribution in [1.82, 2.24) is 0 Å². The number of esters is 2. The SMILES string of the molecule is CC(C)[C@@H]1CC[C@@H](C)C[C@H]1OC(=O)/C=C/c1ccc(F)c(F)c1.CC(C)[C@@H]1CC[C@@H](C)C[C@H]1OC(=O)[C@@H]1CC1c1ccc(F)c(F)c1.O=C(Cl)/C=C/c1ccc(F)c(F)c1.O=C(O)/C=C/c1ccc(F)c(F)c1.O=C(O)[C@@H]1C[C@H]1c1ccc(F)c(F)c1.O=C([O-])[C@H](O)c1ccccc1.O=Cc1ccc(F)c(F)c1.[NH3+][C@@H]1C[C@H]1c1cc(F)c(F)cc1F. The van der Waals surface area contributed by atoms with Gasteiger partial charge in [0.05, 0.1) is 23.8 Å². The third kappa shape index (κ3) is 32.4. The molecule has 8 aromatic rings.